The van der Waals surface area contributed by atoms with E-state index in [1.165, 1.54) is 10.6 Å². The third-order valence-corrected chi connectivity index (χ3v) is 6.00. The molecule has 1 aliphatic heterocycles. The van der Waals surface area contributed by atoms with Gasteiger partial charge in [0.15, 0.2) is 5.96 Å². The van der Waals surface area contributed by atoms with Crippen LogP contribution in [0.1, 0.15) is 18.4 Å². The number of aliphatic imine (C=N–C) groups is 1. The van der Waals surface area contributed by atoms with Crippen LogP contribution in [0.4, 0.5) is 5.00 Å². The maximum atomic E-state index is 4.42. The van der Waals surface area contributed by atoms with Crippen molar-refractivity contribution in [3.8, 4) is 5.69 Å². The average molecular weight is 395 g/mol. The number of guanidine groups is 1. The summed E-state index contributed by atoms with van der Waals surface area (Å²) in [7, 11) is 1.83. The molecular weight excluding hydrogens is 368 g/mol. The average Bonchev–Trinajstić information content (AvgIpc) is 3.46. The predicted molar refractivity (Wildman–Crippen MR) is 116 cm³/mol. The van der Waals surface area contributed by atoms with Gasteiger partial charge in [-0.2, -0.15) is 5.10 Å². The second-order valence-electron chi connectivity index (χ2n) is 6.86. The lowest BCUT2D eigenvalue weighted by Crippen LogP contribution is -2.48. The Balaban J connectivity index is 1.32. The van der Waals surface area contributed by atoms with Crippen LogP contribution < -0.4 is 15.5 Å². The summed E-state index contributed by atoms with van der Waals surface area (Å²) >= 11 is 1.82. The number of hydrogen-bond donors (Lipinski definition) is 2. The number of anilines is 1. The zero-order valence-corrected chi connectivity index (χ0v) is 16.9. The van der Waals surface area contributed by atoms with E-state index in [1.807, 2.05) is 41.4 Å². The molecule has 0 radical (unpaired) electrons. The van der Waals surface area contributed by atoms with Gasteiger partial charge in [-0.05, 0) is 48.1 Å². The smallest absolute Gasteiger partial charge is 0.191 e. The van der Waals surface area contributed by atoms with E-state index in [2.05, 4.69) is 61.3 Å². The fourth-order valence-electron chi connectivity index (χ4n) is 3.56. The van der Waals surface area contributed by atoms with Crippen LogP contribution >= 0.6 is 11.3 Å². The Bertz CT molecular complexity index is 880. The molecule has 146 valence electrons. The highest BCUT2D eigenvalue weighted by atomic mass is 32.1. The third-order valence-electron chi connectivity index (χ3n) is 5.07. The SMILES string of the molecule is CN=C(NCc1ccccc1-n1cccn1)NC1CCN(c2cccs2)CC1. The number of aromatic nitrogens is 2. The molecule has 1 aliphatic rings. The van der Waals surface area contributed by atoms with Crippen LogP contribution in [0.15, 0.2) is 65.2 Å². The Morgan fingerprint density at radius 2 is 2.04 bits per heavy atom. The monoisotopic (exact) mass is 394 g/mol. The molecule has 3 heterocycles. The standard InChI is InChI=1S/C21H26N6S/c1-22-21(25-18-9-13-26(14-10-18)20-8-4-15-28-20)23-16-17-6-2-3-7-19(17)27-12-5-11-24-27/h2-8,11-12,15,18H,9-10,13-14,16H2,1H3,(H2,22,23,25). The topological polar surface area (TPSA) is 57.5 Å². The van der Waals surface area contributed by atoms with Crippen molar-refractivity contribution in [1.82, 2.24) is 20.4 Å². The Morgan fingerprint density at radius 1 is 1.18 bits per heavy atom. The molecule has 3 aromatic rings. The number of rotatable bonds is 5. The highest BCUT2D eigenvalue weighted by molar-refractivity contribution is 7.14. The fraction of sp³-hybridized carbons (Fsp3) is 0.333. The summed E-state index contributed by atoms with van der Waals surface area (Å²) in [4.78, 5) is 6.89. The molecule has 7 heteroatoms. The van der Waals surface area contributed by atoms with E-state index >= 15 is 0 Å². The van der Waals surface area contributed by atoms with Gasteiger partial charge in [-0.1, -0.05) is 18.2 Å². The van der Waals surface area contributed by atoms with Crippen molar-refractivity contribution in [3.05, 3.63) is 65.8 Å². The molecule has 2 aromatic heterocycles. The minimum atomic E-state index is 0.448. The number of para-hydroxylation sites is 1. The summed E-state index contributed by atoms with van der Waals surface area (Å²) in [6, 6.07) is 15.0. The van der Waals surface area contributed by atoms with E-state index in [-0.39, 0.29) is 0 Å². The van der Waals surface area contributed by atoms with Gasteiger partial charge in [0.25, 0.3) is 0 Å². The number of piperidine rings is 1. The first kappa shape index (κ1) is 18.6. The molecule has 0 spiro atoms. The van der Waals surface area contributed by atoms with Crippen molar-refractivity contribution >= 4 is 22.3 Å². The number of nitrogens with one attached hydrogen (secondary N) is 2. The summed E-state index contributed by atoms with van der Waals surface area (Å²) in [5.74, 6) is 0.852. The molecule has 1 saturated heterocycles. The van der Waals surface area contributed by atoms with Crippen molar-refractivity contribution in [3.63, 3.8) is 0 Å². The highest BCUT2D eigenvalue weighted by Gasteiger charge is 2.20. The van der Waals surface area contributed by atoms with Crippen LogP contribution in [0.25, 0.3) is 5.69 Å². The molecule has 0 aliphatic carbocycles. The van der Waals surface area contributed by atoms with Crippen molar-refractivity contribution < 1.29 is 0 Å². The molecule has 1 fully saturated rings. The van der Waals surface area contributed by atoms with Gasteiger partial charge in [0, 0.05) is 45.1 Å². The molecule has 2 N–H and O–H groups in total. The minimum absolute atomic E-state index is 0.448. The van der Waals surface area contributed by atoms with Crippen LogP contribution in [0.5, 0.6) is 0 Å². The van der Waals surface area contributed by atoms with Gasteiger partial charge >= 0.3 is 0 Å². The number of hydrogen-bond acceptors (Lipinski definition) is 4. The molecule has 1 aromatic carbocycles. The van der Waals surface area contributed by atoms with E-state index in [0.29, 0.717) is 12.6 Å². The molecule has 6 nitrogen and oxygen atoms in total. The first-order valence-corrected chi connectivity index (χ1v) is 10.5. The van der Waals surface area contributed by atoms with Crippen molar-refractivity contribution in [2.75, 3.05) is 25.0 Å². The summed E-state index contributed by atoms with van der Waals surface area (Å²) in [6.45, 7) is 2.86. The van der Waals surface area contributed by atoms with E-state index < -0.39 is 0 Å². The minimum Gasteiger partial charge on any atom is -0.363 e. The zero-order chi connectivity index (χ0) is 19.2. The van der Waals surface area contributed by atoms with Gasteiger partial charge in [0.05, 0.1) is 10.7 Å². The molecule has 0 bridgehead atoms. The lowest BCUT2D eigenvalue weighted by atomic mass is 10.1. The summed E-state index contributed by atoms with van der Waals surface area (Å²) in [5.41, 5.74) is 2.27. The molecule has 28 heavy (non-hydrogen) atoms. The molecule has 0 saturated carbocycles. The second-order valence-corrected chi connectivity index (χ2v) is 7.79. The lowest BCUT2D eigenvalue weighted by molar-refractivity contribution is 0.462. The number of thiophene rings is 1. The Hall–Kier alpha value is -2.80. The van der Waals surface area contributed by atoms with Crippen LogP contribution in [-0.2, 0) is 6.54 Å². The normalized spacial score (nSPS) is 15.6. The number of nitrogens with zero attached hydrogens (tertiary/aromatic N) is 4. The predicted octanol–water partition coefficient (Wildman–Crippen LogP) is 3.27. The van der Waals surface area contributed by atoms with Crippen molar-refractivity contribution in [2.45, 2.75) is 25.4 Å². The molecule has 4 rings (SSSR count). The maximum absolute atomic E-state index is 4.42. The van der Waals surface area contributed by atoms with Crippen LogP contribution in [0.3, 0.4) is 0 Å². The molecule has 0 amide bonds. The van der Waals surface area contributed by atoms with Gasteiger partial charge in [0.1, 0.15) is 0 Å². The van der Waals surface area contributed by atoms with Crippen LogP contribution in [0.2, 0.25) is 0 Å². The Kier molecular flexibility index (Phi) is 5.92. The Labute approximate surface area is 169 Å². The zero-order valence-electron chi connectivity index (χ0n) is 16.1. The molecule has 0 unspecified atom stereocenters. The fourth-order valence-corrected chi connectivity index (χ4v) is 4.34. The van der Waals surface area contributed by atoms with Gasteiger partial charge in [0.2, 0.25) is 0 Å². The van der Waals surface area contributed by atoms with Gasteiger partial charge in [-0.3, -0.25) is 4.99 Å². The van der Waals surface area contributed by atoms with Gasteiger partial charge in [-0.15, -0.1) is 11.3 Å². The number of benzene rings is 1. The first-order chi connectivity index (χ1) is 13.8. The summed E-state index contributed by atoms with van der Waals surface area (Å²) in [5, 5.41) is 14.9. The maximum Gasteiger partial charge on any atom is 0.191 e. The second kappa shape index (κ2) is 8.93. The van der Waals surface area contributed by atoms with Crippen molar-refractivity contribution in [2.24, 2.45) is 4.99 Å². The first-order valence-electron chi connectivity index (χ1n) is 9.67. The summed E-state index contributed by atoms with van der Waals surface area (Å²) in [6.07, 6.45) is 5.99. The quantitative estimate of drug-likeness (QED) is 0.515. The van der Waals surface area contributed by atoms with Crippen LogP contribution in [0, 0.1) is 0 Å². The Morgan fingerprint density at radius 3 is 2.75 bits per heavy atom. The van der Waals surface area contributed by atoms with Crippen molar-refractivity contribution in [1.29, 1.82) is 0 Å². The van der Waals surface area contributed by atoms with Crippen LogP contribution in [-0.4, -0.2) is 41.9 Å². The van der Waals surface area contributed by atoms with E-state index in [4.69, 9.17) is 0 Å². The molecule has 0 atom stereocenters. The van der Waals surface area contributed by atoms with Gasteiger partial charge in [-0.25, -0.2) is 4.68 Å². The molecular formula is C21H26N6S. The largest absolute Gasteiger partial charge is 0.363 e. The van der Waals surface area contributed by atoms with E-state index in [0.717, 1.165) is 37.6 Å². The summed E-state index contributed by atoms with van der Waals surface area (Å²) < 4.78 is 1.90. The third kappa shape index (κ3) is 4.36. The van der Waals surface area contributed by atoms with Gasteiger partial charge < -0.3 is 15.5 Å². The lowest BCUT2D eigenvalue weighted by Gasteiger charge is -2.33. The highest BCUT2D eigenvalue weighted by Crippen LogP contribution is 2.24. The van der Waals surface area contributed by atoms with E-state index in [9.17, 15) is 0 Å². The van der Waals surface area contributed by atoms with E-state index in [1.54, 1.807) is 6.20 Å².